The van der Waals surface area contributed by atoms with Crippen LogP contribution in [0.5, 0.6) is 0 Å². The van der Waals surface area contributed by atoms with Gasteiger partial charge in [0.25, 0.3) is 5.91 Å². The molecule has 0 bridgehead atoms. The zero-order valence-corrected chi connectivity index (χ0v) is 10.9. The Morgan fingerprint density at radius 1 is 1.21 bits per heavy atom. The van der Waals surface area contributed by atoms with E-state index in [0.717, 1.165) is 0 Å². The Balaban J connectivity index is 2.13. The topological polar surface area (TPSA) is 80.9 Å². The summed E-state index contributed by atoms with van der Waals surface area (Å²) in [4.78, 5) is 10.9. The smallest absolute Gasteiger partial charge is 0.269 e. The van der Waals surface area contributed by atoms with Crippen LogP contribution in [-0.4, -0.2) is 16.1 Å². The van der Waals surface area contributed by atoms with Crippen molar-refractivity contribution in [2.45, 2.75) is 19.9 Å². The van der Waals surface area contributed by atoms with Gasteiger partial charge in [-0.25, -0.2) is 0 Å². The molecule has 0 saturated heterocycles. The van der Waals surface area contributed by atoms with Crippen LogP contribution in [0.4, 0.5) is 5.82 Å². The Morgan fingerprint density at radius 3 is 2.53 bits per heavy atom. The molecule has 1 heterocycles. The summed E-state index contributed by atoms with van der Waals surface area (Å²) in [6.07, 6.45) is 0. The summed E-state index contributed by atoms with van der Waals surface area (Å²) in [5.74, 6) is 0.0340. The van der Waals surface area contributed by atoms with E-state index in [4.69, 9.17) is 5.73 Å². The summed E-state index contributed by atoms with van der Waals surface area (Å²) in [7, 11) is 0. The molecule has 1 aromatic heterocycles. The number of aromatic nitrogens is 2. The summed E-state index contributed by atoms with van der Waals surface area (Å²) in [5.41, 5.74) is 7.69. The van der Waals surface area contributed by atoms with E-state index in [0.29, 0.717) is 5.82 Å². The minimum atomic E-state index is -0.578. The first-order chi connectivity index (χ1) is 9.08. The molecule has 0 spiro atoms. The molecule has 0 aliphatic heterocycles. The number of hydrogen-bond donors (Lipinski definition) is 2. The van der Waals surface area contributed by atoms with Gasteiger partial charge in [-0.15, -0.1) is 10.2 Å². The highest BCUT2D eigenvalue weighted by Crippen LogP contribution is 2.20. The predicted octanol–water partition coefficient (Wildman–Crippen LogP) is 2.06. The third-order valence-electron chi connectivity index (χ3n) is 2.94. The number of aryl methyl sites for hydroxylation is 1. The molecular formula is C14H16N4O. The van der Waals surface area contributed by atoms with Gasteiger partial charge in [-0.2, -0.15) is 0 Å². The van der Waals surface area contributed by atoms with Crippen LogP contribution < -0.4 is 11.1 Å². The minimum Gasteiger partial charge on any atom is -0.364 e. The third-order valence-corrected chi connectivity index (χ3v) is 2.94. The molecule has 0 radical (unpaired) electrons. The first kappa shape index (κ1) is 13.0. The van der Waals surface area contributed by atoms with E-state index in [1.54, 1.807) is 12.1 Å². The van der Waals surface area contributed by atoms with E-state index in [9.17, 15) is 4.79 Å². The lowest BCUT2D eigenvalue weighted by Gasteiger charge is -2.16. The highest BCUT2D eigenvalue weighted by Gasteiger charge is 2.09. The van der Waals surface area contributed by atoms with E-state index < -0.39 is 5.91 Å². The zero-order valence-electron chi connectivity index (χ0n) is 10.9. The second-order valence-corrected chi connectivity index (χ2v) is 4.39. The van der Waals surface area contributed by atoms with Gasteiger partial charge in [0.1, 0.15) is 5.82 Å². The summed E-state index contributed by atoms with van der Waals surface area (Å²) >= 11 is 0. The molecule has 1 aromatic carbocycles. The predicted molar refractivity (Wildman–Crippen MR) is 73.8 cm³/mol. The molecule has 2 aromatic rings. The first-order valence-electron chi connectivity index (χ1n) is 6.03. The van der Waals surface area contributed by atoms with Gasteiger partial charge in [0.15, 0.2) is 5.69 Å². The Morgan fingerprint density at radius 2 is 1.95 bits per heavy atom. The molecule has 1 atom stereocenters. The molecule has 0 fully saturated rings. The lowest BCUT2D eigenvalue weighted by molar-refractivity contribution is 0.0994. The van der Waals surface area contributed by atoms with Crippen LogP contribution in [0, 0.1) is 6.92 Å². The molecule has 5 heteroatoms. The minimum absolute atomic E-state index is 0.106. The number of benzene rings is 1. The average molecular weight is 256 g/mol. The molecule has 0 saturated carbocycles. The van der Waals surface area contributed by atoms with Crippen LogP contribution >= 0.6 is 0 Å². The van der Waals surface area contributed by atoms with Crippen LogP contribution in [-0.2, 0) is 0 Å². The van der Waals surface area contributed by atoms with Gasteiger partial charge in [-0.3, -0.25) is 4.79 Å². The van der Waals surface area contributed by atoms with Crippen LogP contribution in [0.3, 0.4) is 0 Å². The number of nitrogens with zero attached hydrogens (tertiary/aromatic N) is 2. The second-order valence-electron chi connectivity index (χ2n) is 4.39. The average Bonchev–Trinajstić information content (AvgIpc) is 2.39. The first-order valence-corrected chi connectivity index (χ1v) is 6.03. The van der Waals surface area contributed by atoms with Crippen molar-refractivity contribution in [3.63, 3.8) is 0 Å². The van der Waals surface area contributed by atoms with Crippen molar-refractivity contribution < 1.29 is 4.79 Å². The van der Waals surface area contributed by atoms with Crippen LogP contribution in [0.1, 0.15) is 34.6 Å². The maximum Gasteiger partial charge on any atom is 0.269 e. The van der Waals surface area contributed by atoms with Crippen molar-refractivity contribution in [2.24, 2.45) is 5.73 Å². The SMILES string of the molecule is Cc1ccccc1C(C)Nc1ccc(C(N)=O)nn1. The highest BCUT2D eigenvalue weighted by molar-refractivity contribution is 5.90. The van der Waals surface area contributed by atoms with Crippen LogP contribution in [0.25, 0.3) is 0 Å². The van der Waals surface area contributed by atoms with Crippen molar-refractivity contribution in [3.05, 3.63) is 53.2 Å². The number of nitrogens with two attached hydrogens (primary N) is 1. The molecule has 5 nitrogen and oxygen atoms in total. The molecule has 1 amide bonds. The molecule has 3 N–H and O–H groups in total. The summed E-state index contributed by atoms with van der Waals surface area (Å²) < 4.78 is 0. The molecule has 2 rings (SSSR count). The van der Waals surface area contributed by atoms with Gasteiger partial charge in [-0.05, 0) is 37.1 Å². The van der Waals surface area contributed by atoms with Crippen molar-refractivity contribution >= 4 is 11.7 Å². The van der Waals surface area contributed by atoms with Gasteiger partial charge in [-0.1, -0.05) is 24.3 Å². The van der Waals surface area contributed by atoms with E-state index in [-0.39, 0.29) is 11.7 Å². The lowest BCUT2D eigenvalue weighted by atomic mass is 10.0. The fraction of sp³-hybridized carbons (Fsp3) is 0.214. The van der Waals surface area contributed by atoms with Crippen LogP contribution in [0.2, 0.25) is 0 Å². The van der Waals surface area contributed by atoms with Crippen molar-refractivity contribution in [1.82, 2.24) is 10.2 Å². The standard InChI is InChI=1S/C14H16N4O/c1-9-5-3-4-6-11(9)10(2)16-13-8-7-12(14(15)19)17-18-13/h3-8,10H,1-2H3,(H2,15,19)(H,16,18). The van der Waals surface area contributed by atoms with Gasteiger partial charge >= 0.3 is 0 Å². The largest absolute Gasteiger partial charge is 0.364 e. The maximum absolute atomic E-state index is 10.9. The van der Waals surface area contributed by atoms with Gasteiger partial charge in [0, 0.05) is 0 Å². The maximum atomic E-state index is 10.9. The number of rotatable bonds is 4. The van der Waals surface area contributed by atoms with Gasteiger partial charge in [0.2, 0.25) is 0 Å². The second kappa shape index (κ2) is 5.48. The van der Waals surface area contributed by atoms with E-state index >= 15 is 0 Å². The number of amides is 1. The molecule has 98 valence electrons. The molecule has 0 aliphatic rings. The van der Waals surface area contributed by atoms with E-state index in [2.05, 4.69) is 34.6 Å². The highest BCUT2D eigenvalue weighted by atomic mass is 16.1. The van der Waals surface area contributed by atoms with Crippen LogP contribution in [0.15, 0.2) is 36.4 Å². The normalized spacial score (nSPS) is 11.9. The number of nitrogens with one attached hydrogen (secondary N) is 1. The molecule has 19 heavy (non-hydrogen) atoms. The van der Waals surface area contributed by atoms with Crippen molar-refractivity contribution in [1.29, 1.82) is 0 Å². The third kappa shape index (κ3) is 3.07. The van der Waals surface area contributed by atoms with Crippen molar-refractivity contribution in [3.8, 4) is 0 Å². The number of carbonyl (C=O) groups excluding carboxylic acids is 1. The van der Waals surface area contributed by atoms with E-state index in [1.807, 2.05) is 19.1 Å². The lowest BCUT2D eigenvalue weighted by Crippen LogP contribution is -2.15. The molecule has 0 aliphatic carbocycles. The summed E-state index contributed by atoms with van der Waals surface area (Å²) in [6.45, 7) is 4.11. The number of primary amides is 1. The van der Waals surface area contributed by atoms with Gasteiger partial charge in [0.05, 0.1) is 6.04 Å². The summed E-state index contributed by atoms with van der Waals surface area (Å²) in [6, 6.07) is 11.5. The molecular weight excluding hydrogens is 240 g/mol. The quantitative estimate of drug-likeness (QED) is 0.877. The Hall–Kier alpha value is -2.43. The Bertz CT molecular complexity index is 580. The monoisotopic (exact) mass is 256 g/mol. The van der Waals surface area contributed by atoms with Crippen molar-refractivity contribution in [2.75, 3.05) is 5.32 Å². The summed E-state index contributed by atoms with van der Waals surface area (Å²) in [5, 5.41) is 10.9. The van der Waals surface area contributed by atoms with Gasteiger partial charge < -0.3 is 11.1 Å². The zero-order chi connectivity index (χ0) is 13.8. The number of anilines is 1. The van der Waals surface area contributed by atoms with E-state index in [1.165, 1.54) is 11.1 Å². The Kier molecular flexibility index (Phi) is 3.75. The number of hydrogen-bond acceptors (Lipinski definition) is 4. The fourth-order valence-corrected chi connectivity index (χ4v) is 1.91. The number of carbonyl (C=O) groups is 1. The molecule has 1 unspecified atom stereocenters. The fourth-order valence-electron chi connectivity index (χ4n) is 1.91. The Labute approximate surface area is 111 Å².